The first-order valence-electron chi connectivity index (χ1n) is 22.3. The smallest absolute Gasteiger partial charge is 0.306 e. The predicted molar refractivity (Wildman–Crippen MR) is 217 cm³/mol. The van der Waals surface area contributed by atoms with E-state index in [2.05, 4.69) is 23.4 Å². The molecule has 318 valence electrons. The molecule has 0 aliphatic rings. The summed E-state index contributed by atoms with van der Waals surface area (Å²) in [5.74, 6) is -0.911. The van der Waals surface area contributed by atoms with E-state index in [1.807, 2.05) is 0 Å². The number of carbonyl (C=O) groups is 2. The molecule has 0 aliphatic carbocycles. The third kappa shape index (κ3) is 40.1. The normalized spacial score (nSPS) is 12.9. The summed E-state index contributed by atoms with van der Waals surface area (Å²) in [5, 5.41) is 0. The Morgan fingerprint density at radius 2 is 0.889 bits per heavy atom. The molecule has 0 aromatic rings. The van der Waals surface area contributed by atoms with Crippen molar-refractivity contribution in [3.8, 4) is 0 Å². The maximum Gasteiger partial charge on any atom is 0.306 e. The van der Waals surface area contributed by atoms with Gasteiger partial charge < -0.3 is 23.4 Å². The zero-order valence-corrected chi connectivity index (χ0v) is 35.7. The summed E-state index contributed by atoms with van der Waals surface area (Å²) in [6, 6.07) is 0. The highest BCUT2D eigenvalue weighted by molar-refractivity contribution is 7.45. The van der Waals surface area contributed by atoms with Crippen LogP contribution in [0.1, 0.15) is 226 Å². The number of hydrogen-bond donors (Lipinski definition) is 0. The highest BCUT2D eigenvalue weighted by atomic mass is 31.2. The Kier molecular flexibility index (Phi) is 39.9. The van der Waals surface area contributed by atoms with Crippen molar-refractivity contribution in [2.24, 2.45) is 4.99 Å². The van der Waals surface area contributed by atoms with Crippen molar-refractivity contribution < 1.29 is 42.4 Å². The van der Waals surface area contributed by atoms with Gasteiger partial charge in [-0.1, -0.05) is 200 Å². The maximum atomic E-state index is 12.6. The van der Waals surface area contributed by atoms with Gasteiger partial charge in [-0.25, -0.2) is 9.79 Å². The van der Waals surface area contributed by atoms with Crippen molar-refractivity contribution in [3.05, 3.63) is 0 Å². The van der Waals surface area contributed by atoms with Crippen LogP contribution in [0.3, 0.4) is 0 Å². The molecule has 0 bridgehead atoms. The Hall–Kier alpha value is -1.57. The Balaban J connectivity index is 4.22. The molecular formula is C43H81NO9P-. The van der Waals surface area contributed by atoms with E-state index >= 15 is 0 Å². The van der Waals surface area contributed by atoms with Gasteiger partial charge in [-0.05, 0) is 12.8 Å². The van der Waals surface area contributed by atoms with Crippen molar-refractivity contribution in [3.63, 3.8) is 0 Å². The van der Waals surface area contributed by atoms with Crippen LogP contribution in [-0.4, -0.2) is 50.5 Å². The first-order chi connectivity index (χ1) is 26.3. The fraction of sp³-hybridized carbons (Fsp3) is 0.930. The van der Waals surface area contributed by atoms with Crippen LogP contribution in [0.5, 0.6) is 0 Å². The van der Waals surface area contributed by atoms with Crippen LogP contribution < -0.4 is 4.89 Å². The lowest BCUT2D eigenvalue weighted by molar-refractivity contribution is -0.228. The third-order valence-electron chi connectivity index (χ3n) is 9.88. The second-order valence-electron chi connectivity index (χ2n) is 15.1. The number of nitrogens with zero attached hydrogens (tertiary/aromatic N) is 1. The molecular weight excluding hydrogens is 705 g/mol. The molecule has 10 nitrogen and oxygen atoms in total. The molecule has 0 fully saturated rings. The van der Waals surface area contributed by atoms with E-state index < -0.39 is 32.5 Å². The number of unbranched alkanes of at least 4 members (excludes halogenated alkanes) is 29. The minimum Gasteiger partial charge on any atom is -0.756 e. The van der Waals surface area contributed by atoms with Gasteiger partial charge in [-0.15, -0.1) is 0 Å². The molecule has 0 spiro atoms. The van der Waals surface area contributed by atoms with E-state index in [9.17, 15) is 23.8 Å². The Morgan fingerprint density at radius 1 is 0.537 bits per heavy atom. The van der Waals surface area contributed by atoms with Crippen molar-refractivity contribution in [2.75, 3.05) is 26.4 Å². The van der Waals surface area contributed by atoms with Gasteiger partial charge in [0, 0.05) is 12.8 Å². The Morgan fingerprint density at radius 3 is 1.26 bits per heavy atom. The van der Waals surface area contributed by atoms with Gasteiger partial charge in [0.05, 0.1) is 19.8 Å². The average molecular weight is 787 g/mol. The molecule has 0 heterocycles. The van der Waals surface area contributed by atoms with E-state index in [-0.39, 0.29) is 32.6 Å². The van der Waals surface area contributed by atoms with Crippen LogP contribution in [0.15, 0.2) is 4.99 Å². The highest BCUT2D eigenvalue weighted by Crippen LogP contribution is 2.38. The molecule has 0 N–H and O–H groups in total. The summed E-state index contributed by atoms with van der Waals surface area (Å²) >= 11 is 0. The molecule has 0 saturated carbocycles. The van der Waals surface area contributed by atoms with Crippen LogP contribution in [0, 0.1) is 0 Å². The molecule has 0 aromatic heterocycles. The van der Waals surface area contributed by atoms with Crippen molar-refractivity contribution >= 4 is 25.8 Å². The number of phosphoric acid groups is 1. The number of rotatable bonds is 43. The second-order valence-corrected chi connectivity index (χ2v) is 16.5. The van der Waals surface area contributed by atoms with Gasteiger partial charge >= 0.3 is 11.9 Å². The zero-order chi connectivity index (χ0) is 39.6. The minimum atomic E-state index is -4.75. The SMILES string of the molecule is CCCCCCCCCCCCCCCCCCC(=O)OC[C@@H](COP(=O)([O-])OCCN=C=O)OC(=O)CCCCCCCCCCCCCCCCC. The van der Waals surface area contributed by atoms with E-state index in [0.717, 1.165) is 32.1 Å². The molecule has 11 heteroatoms. The minimum absolute atomic E-state index is 0.187. The van der Waals surface area contributed by atoms with Crippen molar-refractivity contribution in [1.82, 2.24) is 0 Å². The molecule has 0 amide bonds. The van der Waals surface area contributed by atoms with E-state index in [0.29, 0.717) is 12.8 Å². The van der Waals surface area contributed by atoms with Gasteiger partial charge in [-0.2, -0.15) is 0 Å². The lowest BCUT2D eigenvalue weighted by atomic mass is 10.0. The first kappa shape index (κ1) is 52.4. The van der Waals surface area contributed by atoms with E-state index in [4.69, 9.17) is 14.0 Å². The van der Waals surface area contributed by atoms with Crippen LogP contribution in [0.2, 0.25) is 0 Å². The quantitative estimate of drug-likeness (QED) is 0.0194. The van der Waals surface area contributed by atoms with E-state index in [1.54, 1.807) is 0 Å². The Bertz CT molecular complexity index is 944. The standard InChI is InChI=1S/C43H82NO9P/c1-3-5-7-9-11-13-15-17-19-21-22-24-26-28-30-32-34-42(46)50-38-41(39-52-54(48,49)51-37-36-44-40-45)53-43(47)35-33-31-29-27-25-23-20-18-16-14-12-10-8-6-4-2/h41H,3-39H2,1-2H3,(H,48,49)/p-1/t41-/m0/s1. The molecule has 1 unspecified atom stereocenters. The lowest BCUT2D eigenvalue weighted by Gasteiger charge is -2.25. The van der Waals surface area contributed by atoms with Crippen LogP contribution in [0.25, 0.3) is 0 Å². The Labute approximate surface area is 330 Å². The fourth-order valence-corrected chi connectivity index (χ4v) is 7.26. The van der Waals surface area contributed by atoms with E-state index in [1.165, 1.54) is 160 Å². The molecule has 54 heavy (non-hydrogen) atoms. The zero-order valence-electron chi connectivity index (χ0n) is 34.8. The summed E-state index contributed by atoms with van der Waals surface area (Å²) in [7, 11) is -4.75. The fourth-order valence-electron chi connectivity index (χ4n) is 6.53. The number of ether oxygens (including phenoxy) is 2. The van der Waals surface area contributed by atoms with Gasteiger partial charge in [0.1, 0.15) is 6.61 Å². The van der Waals surface area contributed by atoms with Crippen molar-refractivity contribution in [1.29, 1.82) is 0 Å². The molecule has 0 aliphatic heterocycles. The number of phosphoric ester groups is 1. The van der Waals surface area contributed by atoms with Crippen molar-refractivity contribution in [2.45, 2.75) is 232 Å². The summed E-state index contributed by atoms with van der Waals surface area (Å²) < 4.78 is 32.5. The number of hydrogen-bond acceptors (Lipinski definition) is 10. The number of carbonyl (C=O) groups excluding carboxylic acids is 3. The maximum absolute atomic E-state index is 12.6. The average Bonchev–Trinajstić information content (AvgIpc) is 3.15. The summed E-state index contributed by atoms with van der Waals surface area (Å²) in [5.41, 5.74) is 0. The van der Waals surface area contributed by atoms with Gasteiger partial charge in [0.25, 0.3) is 7.82 Å². The largest absolute Gasteiger partial charge is 0.756 e. The van der Waals surface area contributed by atoms with Crippen LogP contribution >= 0.6 is 7.82 Å². The topological polar surface area (TPSA) is 141 Å². The predicted octanol–water partition coefficient (Wildman–Crippen LogP) is 12.2. The summed E-state index contributed by atoms with van der Waals surface area (Å²) in [6.07, 6.45) is 39.0. The highest BCUT2D eigenvalue weighted by Gasteiger charge is 2.21. The number of aliphatic imine (C=N–C) groups is 1. The van der Waals surface area contributed by atoms with Gasteiger partial charge in [-0.3, -0.25) is 14.2 Å². The van der Waals surface area contributed by atoms with Gasteiger partial charge in [0.2, 0.25) is 6.08 Å². The molecule has 2 atom stereocenters. The second kappa shape index (κ2) is 41.1. The monoisotopic (exact) mass is 787 g/mol. The van der Waals surface area contributed by atoms with Gasteiger partial charge in [0.15, 0.2) is 6.10 Å². The third-order valence-corrected chi connectivity index (χ3v) is 10.8. The molecule has 0 aromatic carbocycles. The first-order valence-corrected chi connectivity index (χ1v) is 23.8. The lowest BCUT2D eigenvalue weighted by Crippen LogP contribution is -2.30. The number of esters is 2. The molecule has 0 rings (SSSR count). The summed E-state index contributed by atoms with van der Waals surface area (Å²) in [6.45, 7) is 3.09. The van der Waals surface area contributed by atoms with Crippen LogP contribution in [-0.2, 0) is 37.5 Å². The number of isocyanates is 1. The molecule has 0 radical (unpaired) electrons. The molecule has 0 saturated heterocycles. The summed E-state index contributed by atoms with van der Waals surface area (Å²) in [4.78, 5) is 50.6. The van der Waals surface area contributed by atoms with Crippen LogP contribution in [0.4, 0.5) is 0 Å².